The summed E-state index contributed by atoms with van der Waals surface area (Å²) in [5.41, 5.74) is 6.01. The number of carbonyl (C=O) groups excluding carboxylic acids is 2. The molecule has 0 aliphatic heterocycles. The number of aromatic nitrogens is 10. The Balaban J connectivity index is 0. The van der Waals surface area contributed by atoms with Gasteiger partial charge in [0.05, 0.1) is 40.8 Å². The number of H-pyrrole nitrogens is 2. The van der Waals surface area contributed by atoms with E-state index in [-0.39, 0.29) is 46.7 Å². The van der Waals surface area contributed by atoms with E-state index >= 15 is 0 Å². The van der Waals surface area contributed by atoms with E-state index in [1.807, 2.05) is 73.7 Å². The van der Waals surface area contributed by atoms with Crippen molar-refractivity contribution in [2.75, 3.05) is 0 Å². The van der Waals surface area contributed by atoms with Crippen LogP contribution in [-0.4, -0.2) is 71.2 Å². The summed E-state index contributed by atoms with van der Waals surface area (Å²) in [5.74, 6) is 2.98. The van der Waals surface area contributed by atoms with Gasteiger partial charge in [0.15, 0.2) is 23.6 Å². The molecule has 0 aliphatic rings. The zero-order chi connectivity index (χ0) is 54.3. The molecule has 0 saturated heterocycles. The fraction of sp³-hybridized carbons (Fsp3) is 0.587. The number of hydroxylamine groups is 1. The third-order valence-electron chi connectivity index (χ3n) is 8.38. The number of carbonyl (C=O) groups is 2. The molecule has 22 nitrogen and oxygen atoms in total. The van der Waals surface area contributed by atoms with Crippen LogP contribution in [0.15, 0.2) is 47.7 Å². The van der Waals surface area contributed by atoms with E-state index in [4.69, 9.17) is 24.5 Å². The Kier molecular flexibility index (Phi) is 33.4. The van der Waals surface area contributed by atoms with Gasteiger partial charge in [0.1, 0.15) is 12.0 Å². The Morgan fingerprint density at radius 2 is 1.34 bits per heavy atom. The van der Waals surface area contributed by atoms with E-state index in [1.165, 1.54) is 28.3 Å². The lowest BCUT2D eigenvalue weighted by Gasteiger charge is -2.01. The Morgan fingerprint density at radius 3 is 1.57 bits per heavy atom. The van der Waals surface area contributed by atoms with Crippen LogP contribution >= 0.6 is 23.3 Å². The zero-order valence-corrected chi connectivity index (χ0v) is 45.7. The second-order valence-corrected chi connectivity index (χ2v) is 18.9. The molecule has 0 radical (unpaired) electrons. The summed E-state index contributed by atoms with van der Waals surface area (Å²) in [4.78, 5) is 45.8. The Hall–Kier alpha value is -6.45. The maximum absolute atomic E-state index is 11.1. The number of aromatic hydroxyl groups is 1. The van der Waals surface area contributed by atoms with Crippen molar-refractivity contribution >= 4 is 35.1 Å². The molecule has 6 rings (SSSR count). The molecule has 0 fully saturated rings. The number of hydrogen-bond acceptors (Lipinski definition) is 20. The molecule has 0 atom stereocenters. The van der Waals surface area contributed by atoms with Crippen molar-refractivity contribution in [2.24, 2.45) is 11.8 Å². The second kappa shape index (κ2) is 35.6. The maximum atomic E-state index is 11.1. The largest absolute Gasteiger partial charge is 0.502 e. The standard InChI is InChI=1S/C8H10O3.C7H11NO.C7H11NS.C6H10N2S.C5H8N2O2.C5H8N2O.C4H8N4.C4H9NO2/c1-5(2)6-3-11-4-7(9)8(6)10;2*1-5(2)7-4-6(3)8-9-7;1-4(2)6-5(3)7-9-8-6;1-3(2)4-6-5(8)9-7-4;1-4(2)5(8)7-3-6;1-3(2)4-5-7-8-6-4;1-3(2)4(6)5-7/h3-5,9H,1-2H3;2*4-5H,1-3H3;4H,1-3H3;3H,1-2H3,(H,6,7,8);4H,1-2H3,(H,7,8);3H,1-2H3,(H,5,6,7,8);3,7H,1-2H3,(H,5,6). The van der Waals surface area contributed by atoms with E-state index in [1.54, 1.807) is 45.4 Å². The first-order valence-corrected chi connectivity index (χ1v) is 24.0. The van der Waals surface area contributed by atoms with Crippen LogP contribution < -0.4 is 22.0 Å². The molecular formula is C46H75N13O9S2. The van der Waals surface area contributed by atoms with Crippen LogP contribution in [0.1, 0.15) is 197 Å². The molecule has 6 aromatic heterocycles. The molecule has 6 heterocycles. The van der Waals surface area contributed by atoms with Gasteiger partial charge in [-0.05, 0) is 56.1 Å². The van der Waals surface area contributed by atoms with Crippen LogP contribution in [0.3, 0.4) is 0 Å². The quantitative estimate of drug-likeness (QED) is 0.0358. The van der Waals surface area contributed by atoms with E-state index in [2.05, 4.69) is 101 Å². The monoisotopic (exact) mass is 1020 g/mol. The van der Waals surface area contributed by atoms with Crippen molar-refractivity contribution in [3.8, 4) is 11.9 Å². The Labute approximate surface area is 418 Å². The Morgan fingerprint density at radius 1 is 0.729 bits per heavy atom. The first-order chi connectivity index (χ1) is 32.6. The number of aryl methyl sites for hydroxylation is 3. The number of tetrazole rings is 1. The lowest BCUT2D eigenvalue weighted by atomic mass is 10.1. The maximum Gasteiger partial charge on any atom is 0.438 e. The molecule has 0 bridgehead atoms. The number of nitrogens with zero attached hydrogens (tertiary/aromatic N) is 9. The summed E-state index contributed by atoms with van der Waals surface area (Å²) in [6.45, 7) is 37.2. The van der Waals surface area contributed by atoms with Crippen LogP contribution in [0, 0.1) is 44.1 Å². The van der Waals surface area contributed by atoms with Crippen LogP contribution in [0.2, 0.25) is 0 Å². The first-order valence-electron chi connectivity index (χ1n) is 22.5. The summed E-state index contributed by atoms with van der Waals surface area (Å²) in [6, 6.07) is 4.11. The number of rotatable bonds is 8. The minimum absolute atomic E-state index is 0.0818. The highest BCUT2D eigenvalue weighted by Crippen LogP contribution is 2.19. The van der Waals surface area contributed by atoms with Crippen molar-refractivity contribution < 1.29 is 33.4 Å². The molecule has 6 aromatic rings. The molecule has 2 amide bonds. The summed E-state index contributed by atoms with van der Waals surface area (Å²) in [5, 5.41) is 47.3. The van der Waals surface area contributed by atoms with E-state index in [9.17, 15) is 19.2 Å². The summed E-state index contributed by atoms with van der Waals surface area (Å²) >= 11 is 2.90. The topological polar surface area (TPSA) is 331 Å². The summed E-state index contributed by atoms with van der Waals surface area (Å²) < 4.78 is 26.4. The summed E-state index contributed by atoms with van der Waals surface area (Å²) in [7, 11) is 0. The van der Waals surface area contributed by atoms with Gasteiger partial charge in [-0.2, -0.15) is 23.6 Å². The van der Waals surface area contributed by atoms with Crippen molar-refractivity contribution in [2.45, 2.75) is 167 Å². The molecule has 24 heteroatoms. The third kappa shape index (κ3) is 28.8. The molecule has 0 unspecified atom stereocenters. The highest BCUT2D eigenvalue weighted by atomic mass is 32.1. The molecule has 70 heavy (non-hydrogen) atoms. The first kappa shape index (κ1) is 65.6. The van der Waals surface area contributed by atoms with Gasteiger partial charge in [-0.3, -0.25) is 34.4 Å². The van der Waals surface area contributed by atoms with Gasteiger partial charge in [0.25, 0.3) is 0 Å². The van der Waals surface area contributed by atoms with Crippen molar-refractivity contribution in [1.29, 1.82) is 5.26 Å². The van der Waals surface area contributed by atoms with Crippen molar-refractivity contribution in [3.63, 3.8) is 0 Å². The van der Waals surface area contributed by atoms with Crippen LogP contribution in [-0.2, 0) is 9.59 Å². The van der Waals surface area contributed by atoms with Crippen molar-refractivity contribution in [1.82, 2.24) is 59.8 Å². The zero-order valence-electron chi connectivity index (χ0n) is 44.0. The average Bonchev–Trinajstić information content (AvgIpc) is 4.16. The van der Waals surface area contributed by atoms with E-state index in [0.717, 1.165) is 40.6 Å². The van der Waals surface area contributed by atoms with Gasteiger partial charge in [0.2, 0.25) is 17.2 Å². The Bertz CT molecular complexity index is 2410. The second-order valence-electron chi connectivity index (χ2n) is 17.6. The molecular weight excluding hydrogens is 943 g/mol. The highest BCUT2D eigenvalue weighted by Gasteiger charge is 2.09. The third-order valence-corrected chi connectivity index (χ3v) is 10.2. The van der Waals surface area contributed by atoms with Gasteiger partial charge in [-0.1, -0.05) is 126 Å². The van der Waals surface area contributed by atoms with Gasteiger partial charge >= 0.3 is 5.76 Å². The fourth-order valence-corrected chi connectivity index (χ4v) is 5.55. The lowest BCUT2D eigenvalue weighted by Crippen LogP contribution is -2.23. The number of amides is 2. The SMILES string of the molecule is CC(C)C(=O)NC#N.CC(C)C(=O)NO.CC(C)c1cocc(O)c1=O.CC(C)c1nn[nH]n1.CC(C)c1noc(=O)[nH]1.Cc1cc(C(C)C)on1.Cc1cc(C(C)C)sn1.Cc1nsnc1C(C)C. The van der Waals surface area contributed by atoms with Crippen molar-refractivity contribution in [3.05, 3.63) is 96.1 Å². The molecule has 0 aromatic carbocycles. The molecule has 390 valence electrons. The van der Waals surface area contributed by atoms with E-state index < -0.39 is 5.76 Å². The molecule has 0 saturated carbocycles. The average molecular weight is 1020 g/mol. The smallest absolute Gasteiger partial charge is 0.438 e. The lowest BCUT2D eigenvalue weighted by molar-refractivity contribution is -0.132. The van der Waals surface area contributed by atoms with Gasteiger partial charge in [0, 0.05) is 46.1 Å². The predicted octanol–water partition coefficient (Wildman–Crippen LogP) is 9.32. The minimum atomic E-state index is -0.487. The molecule has 6 N–H and O–H groups in total. The molecule has 0 spiro atoms. The van der Waals surface area contributed by atoms with Crippen LogP contribution in [0.4, 0.5) is 0 Å². The summed E-state index contributed by atoms with van der Waals surface area (Å²) in [6.07, 6.45) is 3.95. The fourth-order valence-electron chi connectivity index (χ4n) is 4.13. The number of nitrogens with one attached hydrogen (secondary N) is 4. The predicted molar refractivity (Wildman–Crippen MR) is 269 cm³/mol. The molecule has 0 aliphatic carbocycles. The van der Waals surface area contributed by atoms with Gasteiger partial charge in [-0.15, -0.1) is 10.2 Å². The number of aromatic amines is 2. The van der Waals surface area contributed by atoms with Gasteiger partial charge in [-0.25, -0.2) is 10.3 Å². The normalized spacial score (nSPS) is 10.2. The minimum Gasteiger partial charge on any atom is -0.502 e. The van der Waals surface area contributed by atoms with E-state index in [0.29, 0.717) is 35.1 Å². The number of hydrogen-bond donors (Lipinski definition) is 6. The highest BCUT2D eigenvalue weighted by molar-refractivity contribution is 7.05. The van der Waals surface area contributed by atoms with Gasteiger partial charge < -0.3 is 14.0 Å². The van der Waals surface area contributed by atoms with Crippen LogP contribution in [0.5, 0.6) is 5.75 Å². The van der Waals surface area contributed by atoms with Crippen LogP contribution in [0.25, 0.3) is 0 Å². The number of nitriles is 1.